The van der Waals surface area contributed by atoms with E-state index in [1.807, 2.05) is 18.3 Å². The summed E-state index contributed by atoms with van der Waals surface area (Å²) >= 11 is 7.71. The molecule has 1 aliphatic rings. The zero-order valence-corrected chi connectivity index (χ0v) is 11.4. The molecule has 0 aliphatic heterocycles. The second kappa shape index (κ2) is 5.34. The van der Waals surface area contributed by atoms with Crippen molar-refractivity contribution < 1.29 is 0 Å². The average Bonchev–Trinajstić information content (AvgIpc) is 3.06. The van der Waals surface area contributed by atoms with Crippen molar-refractivity contribution in [3.8, 4) is 0 Å². The highest BCUT2D eigenvalue weighted by Crippen LogP contribution is 2.30. The molecular formula is C13H14ClN3S. The number of hydrogen-bond acceptors (Lipinski definition) is 3. The van der Waals surface area contributed by atoms with Gasteiger partial charge in [0.25, 0.3) is 0 Å². The van der Waals surface area contributed by atoms with Gasteiger partial charge < -0.3 is 10.3 Å². The lowest BCUT2D eigenvalue weighted by Crippen LogP contribution is -2.15. The van der Waals surface area contributed by atoms with Crippen LogP contribution in [0.5, 0.6) is 0 Å². The molecule has 0 amide bonds. The molecule has 94 valence electrons. The van der Waals surface area contributed by atoms with E-state index in [-0.39, 0.29) is 0 Å². The highest BCUT2D eigenvalue weighted by molar-refractivity contribution is 7.99. The molecule has 3 rings (SSSR count). The van der Waals surface area contributed by atoms with Gasteiger partial charge in [-0.1, -0.05) is 23.4 Å². The van der Waals surface area contributed by atoms with Crippen molar-refractivity contribution in [2.45, 2.75) is 35.5 Å². The fourth-order valence-corrected chi connectivity index (χ4v) is 2.78. The number of nitrogens with zero attached hydrogens (tertiary/aromatic N) is 1. The second-order valence-electron chi connectivity index (χ2n) is 4.40. The number of rotatable bonds is 5. The van der Waals surface area contributed by atoms with Gasteiger partial charge in [-0.15, -0.1) is 0 Å². The molecule has 0 bridgehead atoms. The Morgan fingerprint density at radius 1 is 1.44 bits per heavy atom. The van der Waals surface area contributed by atoms with Crippen LogP contribution in [0.1, 0.15) is 18.4 Å². The third-order valence-corrected chi connectivity index (χ3v) is 4.13. The summed E-state index contributed by atoms with van der Waals surface area (Å²) < 4.78 is 0. The minimum Gasteiger partial charge on any atom is -0.339 e. The van der Waals surface area contributed by atoms with Crippen LogP contribution in [0, 0.1) is 0 Å². The zero-order chi connectivity index (χ0) is 12.4. The lowest BCUT2D eigenvalue weighted by Gasteiger charge is -2.09. The van der Waals surface area contributed by atoms with Gasteiger partial charge in [0.2, 0.25) is 0 Å². The molecule has 2 aromatic rings. The fourth-order valence-electron chi connectivity index (χ4n) is 1.74. The van der Waals surface area contributed by atoms with Crippen LogP contribution in [-0.4, -0.2) is 16.0 Å². The normalized spacial score (nSPS) is 14.9. The Labute approximate surface area is 115 Å². The maximum atomic E-state index is 6.07. The molecule has 18 heavy (non-hydrogen) atoms. The Bertz CT molecular complexity index is 523. The maximum Gasteiger partial charge on any atom is 0.170 e. The van der Waals surface area contributed by atoms with Crippen LogP contribution in [0.15, 0.2) is 40.6 Å². The molecule has 1 fully saturated rings. The summed E-state index contributed by atoms with van der Waals surface area (Å²) in [7, 11) is 0. The summed E-state index contributed by atoms with van der Waals surface area (Å²) in [4.78, 5) is 8.54. The van der Waals surface area contributed by atoms with Gasteiger partial charge >= 0.3 is 0 Å². The molecule has 0 spiro atoms. The quantitative estimate of drug-likeness (QED) is 0.880. The van der Waals surface area contributed by atoms with Gasteiger partial charge in [0.1, 0.15) is 0 Å². The van der Waals surface area contributed by atoms with Crippen LogP contribution < -0.4 is 5.32 Å². The highest BCUT2D eigenvalue weighted by atomic mass is 35.5. The van der Waals surface area contributed by atoms with Gasteiger partial charge in [-0.2, -0.15) is 0 Å². The first-order chi connectivity index (χ1) is 8.81. The van der Waals surface area contributed by atoms with Crippen molar-refractivity contribution in [1.29, 1.82) is 0 Å². The van der Waals surface area contributed by atoms with Crippen molar-refractivity contribution in [1.82, 2.24) is 15.3 Å². The van der Waals surface area contributed by atoms with E-state index in [1.165, 1.54) is 23.3 Å². The van der Waals surface area contributed by atoms with Crippen molar-refractivity contribution in [2.24, 2.45) is 0 Å². The van der Waals surface area contributed by atoms with Crippen molar-refractivity contribution in [2.75, 3.05) is 0 Å². The molecule has 0 radical (unpaired) electrons. The van der Waals surface area contributed by atoms with Crippen LogP contribution in [0.25, 0.3) is 0 Å². The lowest BCUT2D eigenvalue weighted by atomic mass is 10.2. The Kier molecular flexibility index (Phi) is 3.59. The number of nitrogens with one attached hydrogen (secondary N) is 2. The second-order valence-corrected chi connectivity index (χ2v) is 5.87. The van der Waals surface area contributed by atoms with Crippen LogP contribution in [-0.2, 0) is 6.54 Å². The van der Waals surface area contributed by atoms with Gasteiger partial charge in [-0.05, 0) is 36.6 Å². The van der Waals surface area contributed by atoms with Gasteiger partial charge in [-0.3, -0.25) is 0 Å². The molecular weight excluding hydrogens is 266 g/mol. The Balaban J connectivity index is 1.77. The fraction of sp³-hybridized carbons (Fsp3) is 0.308. The molecule has 5 heteroatoms. The summed E-state index contributed by atoms with van der Waals surface area (Å²) in [6.45, 7) is 0.869. The Morgan fingerprint density at radius 2 is 2.33 bits per heavy atom. The standard InChI is InChI=1S/C13H14ClN3S/c14-10-1-4-12(18-13-15-5-6-16-13)9(7-10)8-17-11-2-3-11/h1,4-7,11,17H,2-3,8H2,(H,15,16). The SMILES string of the molecule is Clc1ccc(Sc2ncc[nH]2)c(CNC2CC2)c1. The van der Waals surface area contributed by atoms with E-state index in [0.29, 0.717) is 6.04 Å². The smallest absolute Gasteiger partial charge is 0.170 e. The van der Waals surface area contributed by atoms with Gasteiger partial charge in [0, 0.05) is 34.9 Å². The van der Waals surface area contributed by atoms with E-state index < -0.39 is 0 Å². The van der Waals surface area contributed by atoms with E-state index >= 15 is 0 Å². The summed E-state index contributed by atoms with van der Waals surface area (Å²) in [5.74, 6) is 0. The van der Waals surface area contributed by atoms with Crippen LogP contribution >= 0.6 is 23.4 Å². The van der Waals surface area contributed by atoms with Crippen LogP contribution in [0.2, 0.25) is 5.02 Å². The van der Waals surface area contributed by atoms with E-state index in [0.717, 1.165) is 16.7 Å². The number of imidazole rings is 1. The molecule has 1 saturated carbocycles. The first-order valence-corrected chi connectivity index (χ1v) is 7.20. The minimum atomic E-state index is 0.699. The summed E-state index contributed by atoms with van der Waals surface area (Å²) in [6, 6.07) is 6.71. The number of aromatic amines is 1. The molecule has 1 aromatic heterocycles. The molecule has 3 nitrogen and oxygen atoms in total. The molecule has 1 heterocycles. The van der Waals surface area contributed by atoms with Crippen molar-refractivity contribution in [3.63, 3.8) is 0 Å². The maximum absolute atomic E-state index is 6.07. The van der Waals surface area contributed by atoms with E-state index in [2.05, 4.69) is 21.4 Å². The van der Waals surface area contributed by atoms with Crippen molar-refractivity contribution >= 4 is 23.4 Å². The highest BCUT2D eigenvalue weighted by Gasteiger charge is 2.20. The van der Waals surface area contributed by atoms with Gasteiger partial charge in [-0.25, -0.2) is 4.98 Å². The predicted molar refractivity (Wildman–Crippen MR) is 74.0 cm³/mol. The van der Waals surface area contributed by atoms with Gasteiger partial charge in [0.15, 0.2) is 5.16 Å². The third kappa shape index (κ3) is 3.07. The molecule has 0 atom stereocenters. The summed E-state index contributed by atoms with van der Waals surface area (Å²) in [5, 5.41) is 5.21. The number of halogens is 1. The first-order valence-electron chi connectivity index (χ1n) is 6.00. The number of aromatic nitrogens is 2. The largest absolute Gasteiger partial charge is 0.339 e. The number of hydrogen-bond donors (Lipinski definition) is 2. The monoisotopic (exact) mass is 279 g/mol. The topological polar surface area (TPSA) is 40.7 Å². The first kappa shape index (κ1) is 12.1. The molecule has 1 aromatic carbocycles. The van der Waals surface area contributed by atoms with Gasteiger partial charge in [0.05, 0.1) is 0 Å². The number of H-pyrrole nitrogens is 1. The molecule has 1 aliphatic carbocycles. The predicted octanol–water partition coefficient (Wildman–Crippen LogP) is 3.47. The number of benzene rings is 1. The van der Waals surface area contributed by atoms with Crippen molar-refractivity contribution in [3.05, 3.63) is 41.2 Å². The molecule has 0 saturated heterocycles. The Morgan fingerprint density at radius 3 is 3.06 bits per heavy atom. The van der Waals surface area contributed by atoms with E-state index in [4.69, 9.17) is 11.6 Å². The van der Waals surface area contributed by atoms with E-state index in [9.17, 15) is 0 Å². The lowest BCUT2D eigenvalue weighted by molar-refractivity contribution is 0.680. The zero-order valence-electron chi connectivity index (χ0n) is 9.82. The molecule has 0 unspecified atom stereocenters. The summed E-state index contributed by atoms with van der Waals surface area (Å²) in [5.41, 5.74) is 1.23. The summed E-state index contributed by atoms with van der Waals surface area (Å²) in [6.07, 6.45) is 6.18. The van der Waals surface area contributed by atoms with E-state index in [1.54, 1.807) is 18.0 Å². The molecule has 2 N–H and O–H groups in total. The Hall–Kier alpha value is -0.970. The van der Waals surface area contributed by atoms with Crippen LogP contribution in [0.3, 0.4) is 0 Å². The third-order valence-electron chi connectivity index (χ3n) is 2.86. The van der Waals surface area contributed by atoms with Crippen LogP contribution in [0.4, 0.5) is 0 Å². The average molecular weight is 280 g/mol. The minimum absolute atomic E-state index is 0.699.